The first-order chi connectivity index (χ1) is 9.83. The Hall–Kier alpha value is -1.08. The van der Waals surface area contributed by atoms with Crippen molar-refractivity contribution in [3.8, 4) is 0 Å². The van der Waals surface area contributed by atoms with Crippen molar-refractivity contribution in [3.05, 3.63) is 57.0 Å². The maximum absolute atomic E-state index is 12.5. The average molecular weight is 391 g/mol. The number of sulfonamides is 1. The van der Waals surface area contributed by atoms with E-state index in [-0.39, 0.29) is 11.5 Å². The Bertz CT molecular complexity index is 778. The van der Waals surface area contributed by atoms with Crippen LogP contribution in [0.2, 0.25) is 5.02 Å². The van der Waals surface area contributed by atoms with E-state index in [1.165, 1.54) is 12.1 Å². The number of hydrogen-bond donors (Lipinski definition) is 2. The summed E-state index contributed by atoms with van der Waals surface area (Å²) in [6.07, 6.45) is 0. The molecule has 0 saturated carbocycles. The molecule has 2 N–H and O–H groups in total. The van der Waals surface area contributed by atoms with Crippen molar-refractivity contribution in [2.75, 3.05) is 4.72 Å². The van der Waals surface area contributed by atoms with Gasteiger partial charge >= 0.3 is 0 Å². The lowest BCUT2D eigenvalue weighted by Gasteiger charge is -2.13. The number of nitrogens with one attached hydrogen (secondary N) is 1. The highest BCUT2D eigenvalue weighted by Crippen LogP contribution is 2.29. The van der Waals surface area contributed by atoms with Gasteiger partial charge in [0.2, 0.25) is 0 Å². The molecule has 4 nitrogen and oxygen atoms in total. The van der Waals surface area contributed by atoms with Gasteiger partial charge in [0.25, 0.3) is 10.0 Å². The van der Waals surface area contributed by atoms with Crippen LogP contribution in [0.25, 0.3) is 0 Å². The number of aryl methyl sites for hydroxylation is 1. The third-order valence-electron chi connectivity index (χ3n) is 2.83. The molecule has 2 aromatic rings. The number of aliphatic hydroxyl groups is 1. The minimum absolute atomic E-state index is 0.0755. The summed E-state index contributed by atoms with van der Waals surface area (Å²) in [6.45, 7) is 1.54. The van der Waals surface area contributed by atoms with E-state index < -0.39 is 10.0 Å². The summed E-state index contributed by atoms with van der Waals surface area (Å²) in [7, 11) is -3.78. The molecule has 0 radical (unpaired) electrons. The zero-order valence-corrected chi connectivity index (χ0v) is 14.3. The SMILES string of the molecule is Cc1cc(CO)cc(S(=O)(=O)Nc2cccc(Cl)c2)c1Br. The van der Waals surface area contributed by atoms with E-state index in [0.717, 1.165) is 5.56 Å². The van der Waals surface area contributed by atoms with E-state index in [0.29, 0.717) is 20.7 Å². The zero-order valence-electron chi connectivity index (χ0n) is 11.1. The van der Waals surface area contributed by atoms with Gasteiger partial charge in [0.05, 0.1) is 12.3 Å². The Morgan fingerprint density at radius 3 is 2.62 bits per heavy atom. The minimum atomic E-state index is -3.78. The summed E-state index contributed by atoms with van der Waals surface area (Å²) in [5.41, 5.74) is 1.64. The molecule has 0 aliphatic carbocycles. The Labute approximate surface area is 136 Å². The summed E-state index contributed by atoms with van der Waals surface area (Å²) >= 11 is 9.13. The smallest absolute Gasteiger partial charge is 0.263 e. The molecule has 0 spiro atoms. The van der Waals surface area contributed by atoms with Crippen LogP contribution in [0, 0.1) is 6.92 Å². The van der Waals surface area contributed by atoms with E-state index in [9.17, 15) is 13.5 Å². The first-order valence-corrected chi connectivity index (χ1v) is 8.67. The molecule has 0 atom stereocenters. The Morgan fingerprint density at radius 2 is 2.00 bits per heavy atom. The molecule has 0 aromatic heterocycles. The average Bonchev–Trinajstić information content (AvgIpc) is 2.41. The predicted molar refractivity (Wildman–Crippen MR) is 87.1 cm³/mol. The third kappa shape index (κ3) is 3.77. The minimum Gasteiger partial charge on any atom is -0.392 e. The molecule has 2 rings (SSSR count). The van der Waals surface area contributed by atoms with Gasteiger partial charge in [0, 0.05) is 9.50 Å². The highest BCUT2D eigenvalue weighted by molar-refractivity contribution is 9.10. The molecule has 0 saturated heterocycles. The fraction of sp³-hybridized carbons (Fsp3) is 0.143. The summed E-state index contributed by atoms with van der Waals surface area (Å²) in [5, 5.41) is 9.66. The number of anilines is 1. The van der Waals surface area contributed by atoms with Gasteiger partial charge in [-0.2, -0.15) is 0 Å². The molecule has 21 heavy (non-hydrogen) atoms. The van der Waals surface area contributed by atoms with Gasteiger partial charge in [-0.05, 0) is 58.2 Å². The van der Waals surface area contributed by atoms with Crippen LogP contribution < -0.4 is 4.72 Å². The Kier molecular flexibility index (Phi) is 4.93. The molecule has 7 heteroatoms. The summed E-state index contributed by atoms with van der Waals surface area (Å²) in [4.78, 5) is 0.0755. The van der Waals surface area contributed by atoms with E-state index in [2.05, 4.69) is 20.7 Å². The lowest BCUT2D eigenvalue weighted by molar-refractivity contribution is 0.281. The van der Waals surface area contributed by atoms with Crippen molar-refractivity contribution in [3.63, 3.8) is 0 Å². The van der Waals surface area contributed by atoms with E-state index in [1.807, 2.05) is 0 Å². The fourth-order valence-corrected chi connectivity index (χ4v) is 4.17. The van der Waals surface area contributed by atoms with Gasteiger partial charge in [-0.25, -0.2) is 8.42 Å². The van der Waals surface area contributed by atoms with Gasteiger partial charge in [-0.3, -0.25) is 4.72 Å². The lowest BCUT2D eigenvalue weighted by Crippen LogP contribution is -2.14. The second kappa shape index (κ2) is 6.36. The van der Waals surface area contributed by atoms with Crippen LogP contribution in [-0.4, -0.2) is 13.5 Å². The van der Waals surface area contributed by atoms with E-state index in [4.69, 9.17) is 11.6 Å². The van der Waals surface area contributed by atoms with Crippen molar-refractivity contribution < 1.29 is 13.5 Å². The largest absolute Gasteiger partial charge is 0.392 e. The third-order valence-corrected chi connectivity index (χ3v) is 5.79. The monoisotopic (exact) mass is 389 g/mol. The van der Waals surface area contributed by atoms with Crippen molar-refractivity contribution in [2.24, 2.45) is 0 Å². The molecule has 0 aliphatic rings. The number of benzene rings is 2. The molecular formula is C14H13BrClNO3S. The Balaban J connectivity index is 2.47. The molecule has 0 amide bonds. The Morgan fingerprint density at radius 1 is 1.29 bits per heavy atom. The van der Waals surface area contributed by atoms with Crippen LogP contribution in [0.4, 0.5) is 5.69 Å². The number of rotatable bonds is 4. The van der Waals surface area contributed by atoms with E-state index >= 15 is 0 Å². The molecule has 112 valence electrons. The second-order valence-corrected chi connectivity index (χ2v) is 7.38. The zero-order chi connectivity index (χ0) is 15.6. The first-order valence-electron chi connectivity index (χ1n) is 6.02. The normalized spacial score (nSPS) is 11.4. The fourth-order valence-electron chi connectivity index (χ4n) is 1.86. The van der Waals surface area contributed by atoms with Gasteiger partial charge in [-0.15, -0.1) is 0 Å². The van der Waals surface area contributed by atoms with Crippen LogP contribution in [0.1, 0.15) is 11.1 Å². The van der Waals surface area contributed by atoms with Gasteiger partial charge in [-0.1, -0.05) is 23.7 Å². The molecule has 0 fully saturated rings. The number of aliphatic hydroxyl groups excluding tert-OH is 1. The van der Waals surface area contributed by atoms with Crippen LogP contribution >= 0.6 is 27.5 Å². The van der Waals surface area contributed by atoms with Gasteiger partial charge in [0.15, 0.2) is 0 Å². The molecule has 2 aromatic carbocycles. The maximum Gasteiger partial charge on any atom is 0.263 e. The molecular weight excluding hydrogens is 378 g/mol. The van der Waals surface area contributed by atoms with Crippen LogP contribution in [0.3, 0.4) is 0 Å². The van der Waals surface area contributed by atoms with Gasteiger partial charge < -0.3 is 5.11 Å². The van der Waals surface area contributed by atoms with Crippen molar-refractivity contribution in [1.82, 2.24) is 0 Å². The van der Waals surface area contributed by atoms with Crippen molar-refractivity contribution in [1.29, 1.82) is 0 Å². The molecule has 0 bridgehead atoms. The molecule has 0 unspecified atom stereocenters. The first kappa shape index (κ1) is 16.3. The standard InChI is InChI=1S/C14H13BrClNO3S/c1-9-5-10(8-18)6-13(14(9)15)21(19,20)17-12-4-2-3-11(16)7-12/h2-7,17-18H,8H2,1H3. The topological polar surface area (TPSA) is 66.4 Å². The lowest BCUT2D eigenvalue weighted by atomic mass is 10.1. The molecule has 0 heterocycles. The van der Waals surface area contributed by atoms with Gasteiger partial charge in [0.1, 0.15) is 4.90 Å². The van der Waals surface area contributed by atoms with E-state index in [1.54, 1.807) is 31.2 Å². The maximum atomic E-state index is 12.5. The summed E-state index contributed by atoms with van der Waals surface area (Å²) in [6, 6.07) is 9.61. The van der Waals surface area contributed by atoms with Crippen LogP contribution in [-0.2, 0) is 16.6 Å². The van der Waals surface area contributed by atoms with Crippen molar-refractivity contribution >= 4 is 43.2 Å². The van der Waals surface area contributed by atoms with Crippen molar-refractivity contribution in [2.45, 2.75) is 18.4 Å². The quantitative estimate of drug-likeness (QED) is 0.836. The van der Waals surface area contributed by atoms with Crippen LogP contribution in [0.5, 0.6) is 0 Å². The second-order valence-electron chi connectivity index (χ2n) is 4.50. The highest BCUT2D eigenvalue weighted by Gasteiger charge is 2.20. The number of halogens is 2. The van der Waals surface area contributed by atoms with Crippen LogP contribution in [0.15, 0.2) is 45.8 Å². The highest BCUT2D eigenvalue weighted by atomic mass is 79.9. The summed E-state index contributed by atoms with van der Waals surface area (Å²) in [5.74, 6) is 0. The molecule has 0 aliphatic heterocycles. The predicted octanol–water partition coefficient (Wildman–Crippen LogP) is 3.70. The number of hydrogen-bond acceptors (Lipinski definition) is 3. The summed E-state index contributed by atoms with van der Waals surface area (Å²) < 4.78 is 27.9.